The van der Waals surface area contributed by atoms with Gasteiger partial charge in [0.1, 0.15) is 13.2 Å². The number of ether oxygens (including phenoxy) is 3. The molecule has 0 aliphatic heterocycles. The van der Waals surface area contributed by atoms with Crippen molar-refractivity contribution in [3.63, 3.8) is 0 Å². The molecule has 0 N–H and O–H groups in total. The van der Waals surface area contributed by atoms with Crippen LogP contribution in [0.25, 0.3) is 0 Å². The zero-order valence-electron chi connectivity index (χ0n) is 40.9. The Kier molecular flexibility index (Phi) is 47.2. The molecule has 0 aromatic heterocycles. The maximum Gasteiger partial charge on any atom is 0.306 e. The molecule has 0 aromatic rings. The third kappa shape index (κ3) is 47.5. The largest absolute Gasteiger partial charge is 0.462 e. The quantitative estimate of drug-likeness (QED) is 0.0345. The minimum Gasteiger partial charge on any atom is -0.462 e. The Morgan fingerprint density at radius 3 is 0.817 bits per heavy atom. The molecule has 0 fully saturated rings. The lowest BCUT2D eigenvalue weighted by molar-refractivity contribution is -0.167. The molecule has 0 aromatic carbocycles. The standard InChI is InChI=1S/C54H104O6/c1-5-7-9-11-13-15-17-18-22-27-31-35-39-43-47-54(57)60-51(48-58-52(55)45-41-37-33-29-24-16-14-12-10-8-6-2)49-59-53(56)46-42-38-34-30-26-23-20-19-21-25-28-32-36-40-44-50(3)4/h50-51H,5-49H2,1-4H3/t51-/m1/s1. The van der Waals surface area contributed by atoms with Crippen molar-refractivity contribution in [3.8, 4) is 0 Å². The molecule has 1 atom stereocenters. The monoisotopic (exact) mass is 849 g/mol. The van der Waals surface area contributed by atoms with Gasteiger partial charge in [-0.3, -0.25) is 14.4 Å². The summed E-state index contributed by atoms with van der Waals surface area (Å²) in [5.41, 5.74) is 0. The number of carbonyl (C=O) groups is 3. The van der Waals surface area contributed by atoms with Gasteiger partial charge in [-0.25, -0.2) is 0 Å². The third-order valence-corrected chi connectivity index (χ3v) is 12.3. The number of rotatable bonds is 49. The van der Waals surface area contributed by atoms with E-state index in [1.807, 2.05) is 0 Å². The van der Waals surface area contributed by atoms with Crippen LogP contribution in [0, 0.1) is 5.92 Å². The highest BCUT2D eigenvalue weighted by molar-refractivity contribution is 5.71. The molecule has 0 aliphatic carbocycles. The fraction of sp³-hybridized carbons (Fsp3) is 0.944. The van der Waals surface area contributed by atoms with E-state index in [0.29, 0.717) is 19.3 Å². The Labute approximate surface area is 374 Å². The Balaban J connectivity index is 4.27. The van der Waals surface area contributed by atoms with Gasteiger partial charge in [0.15, 0.2) is 6.10 Å². The van der Waals surface area contributed by atoms with Gasteiger partial charge in [0, 0.05) is 19.3 Å². The highest BCUT2D eigenvalue weighted by atomic mass is 16.6. The van der Waals surface area contributed by atoms with Crippen LogP contribution in [0.3, 0.4) is 0 Å². The SMILES string of the molecule is CCCCCCCCCCCCCCCCC(=O)O[C@H](COC(=O)CCCCCCCCCCCCC)COC(=O)CCCCCCCCCCCCCCCCC(C)C. The van der Waals surface area contributed by atoms with E-state index in [1.165, 1.54) is 199 Å². The predicted molar refractivity (Wildman–Crippen MR) is 257 cm³/mol. The van der Waals surface area contributed by atoms with Crippen molar-refractivity contribution < 1.29 is 28.6 Å². The normalized spacial score (nSPS) is 11.9. The first kappa shape index (κ1) is 58.4. The molecular formula is C54H104O6. The van der Waals surface area contributed by atoms with Crippen LogP contribution in [0.15, 0.2) is 0 Å². The highest BCUT2D eigenvalue weighted by Crippen LogP contribution is 2.17. The van der Waals surface area contributed by atoms with Crippen LogP contribution in [0.2, 0.25) is 0 Å². The summed E-state index contributed by atoms with van der Waals surface area (Å²) in [6, 6.07) is 0. The number of hydrogen-bond acceptors (Lipinski definition) is 6. The van der Waals surface area contributed by atoms with Crippen molar-refractivity contribution in [3.05, 3.63) is 0 Å². The second kappa shape index (κ2) is 48.4. The van der Waals surface area contributed by atoms with E-state index >= 15 is 0 Å². The predicted octanol–water partition coefficient (Wildman–Crippen LogP) is 17.5. The topological polar surface area (TPSA) is 78.9 Å². The lowest BCUT2D eigenvalue weighted by Gasteiger charge is -2.18. The summed E-state index contributed by atoms with van der Waals surface area (Å²) in [5, 5.41) is 0. The molecule has 6 heteroatoms. The lowest BCUT2D eigenvalue weighted by Crippen LogP contribution is -2.30. The average Bonchev–Trinajstić information content (AvgIpc) is 3.23. The van der Waals surface area contributed by atoms with Gasteiger partial charge in [-0.1, -0.05) is 265 Å². The Hall–Kier alpha value is -1.59. The van der Waals surface area contributed by atoms with Crippen molar-refractivity contribution in [1.82, 2.24) is 0 Å². The molecule has 0 saturated heterocycles. The van der Waals surface area contributed by atoms with Crippen LogP contribution >= 0.6 is 0 Å². The van der Waals surface area contributed by atoms with Gasteiger partial charge >= 0.3 is 17.9 Å². The van der Waals surface area contributed by atoms with Crippen LogP contribution in [0.4, 0.5) is 0 Å². The molecular weight excluding hydrogens is 745 g/mol. The molecule has 60 heavy (non-hydrogen) atoms. The van der Waals surface area contributed by atoms with Gasteiger partial charge in [0.05, 0.1) is 0 Å². The summed E-state index contributed by atoms with van der Waals surface area (Å²) in [7, 11) is 0. The van der Waals surface area contributed by atoms with E-state index < -0.39 is 6.10 Å². The molecule has 0 spiro atoms. The van der Waals surface area contributed by atoms with Gasteiger partial charge in [-0.15, -0.1) is 0 Å². The highest BCUT2D eigenvalue weighted by Gasteiger charge is 2.19. The number of unbranched alkanes of at least 4 members (excludes halogenated alkanes) is 36. The summed E-state index contributed by atoms with van der Waals surface area (Å²) in [5.74, 6) is 0.00349. The van der Waals surface area contributed by atoms with Crippen molar-refractivity contribution in [2.75, 3.05) is 13.2 Å². The first-order valence-corrected chi connectivity index (χ1v) is 26.9. The minimum absolute atomic E-state index is 0.0623. The third-order valence-electron chi connectivity index (χ3n) is 12.3. The molecule has 6 nitrogen and oxygen atoms in total. The van der Waals surface area contributed by atoms with Crippen LogP contribution in [-0.4, -0.2) is 37.2 Å². The Bertz CT molecular complexity index is 903. The number of esters is 3. The Morgan fingerprint density at radius 2 is 0.550 bits per heavy atom. The molecule has 0 saturated carbocycles. The summed E-state index contributed by atoms with van der Waals surface area (Å²) < 4.78 is 16.8. The summed E-state index contributed by atoms with van der Waals surface area (Å²) in [4.78, 5) is 38.0. The molecule has 0 bridgehead atoms. The van der Waals surface area contributed by atoms with Gasteiger partial charge in [-0.05, 0) is 25.2 Å². The first-order valence-electron chi connectivity index (χ1n) is 26.9. The smallest absolute Gasteiger partial charge is 0.306 e. The zero-order valence-corrected chi connectivity index (χ0v) is 40.9. The van der Waals surface area contributed by atoms with Gasteiger partial charge < -0.3 is 14.2 Å². The van der Waals surface area contributed by atoms with Crippen molar-refractivity contribution in [2.45, 2.75) is 310 Å². The van der Waals surface area contributed by atoms with Crippen LogP contribution < -0.4 is 0 Å². The van der Waals surface area contributed by atoms with Crippen molar-refractivity contribution >= 4 is 17.9 Å². The number of hydrogen-bond donors (Lipinski definition) is 0. The maximum atomic E-state index is 12.8. The molecule has 0 rings (SSSR count). The molecule has 0 amide bonds. The molecule has 0 heterocycles. The second-order valence-electron chi connectivity index (χ2n) is 19.0. The van der Waals surface area contributed by atoms with E-state index in [2.05, 4.69) is 27.7 Å². The molecule has 0 radical (unpaired) electrons. The van der Waals surface area contributed by atoms with E-state index in [9.17, 15) is 14.4 Å². The van der Waals surface area contributed by atoms with Gasteiger partial charge in [0.2, 0.25) is 0 Å². The van der Waals surface area contributed by atoms with E-state index in [1.54, 1.807) is 0 Å². The number of carbonyl (C=O) groups excluding carboxylic acids is 3. The lowest BCUT2D eigenvalue weighted by atomic mass is 10.0. The van der Waals surface area contributed by atoms with E-state index in [-0.39, 0.29) is 31.1 Å². The van der Waals surface area contributed by atoms with Crippen molar-refractivity contribution in [2.24, 2.45) is 5.92 Å². The average molecular weight is 849 g/mol. The van der Waals surface area contributed by atoms with Crippen LogP contribution in [0.5, 0.6) is 0 Å². The van der Waals surface area contributed by atoms with Crippen molar-refractivity contribution in [1.29, 1.82) is 0 Å². The molecule has 0 unspecified atom stereocenters. The van der Waals surface area contributed by atoms with E-state index in [0.717, 1.165) is 63.7 Å². The van der Waals surface area contributed by atoms with E-state index in [4.69, 9.17) is 14.2 Å². The maximum absolute atomic E-state index is 12.8. The fourth-order valence-electron chi connectivity index (χ4n) is 8.22. The zero-order chi connectivity index (χ0) is 43.8. The molecule has 356 valence electrons. The Morgan fingerprint density at radius 1 is 0.317 bits per heavy atom. The van der Waals surface area contributed by atoms with Gasteiger partial charge in [-0.2, -0.15) is 0 Å². The van der Waals surface area contributed by atoms with Gasteiger partial charge in [0.25, 0.3) is 0 Å². The first-order chi connectivity index (χ1) is 29.4. The summed E-state index contributed by atoms with van der Waals surface area (Å²) in [6.45, 7) is 9.04. The minimum atomic E-state index is -0.760. The van der Waals surface area contributed by atoms with Crippen LogP contribution in [-0.2, 0) is 28.6 Å². The summed E-state index contributed by atoms with van der Waals surface area (Å²) in [6.07, 6.45) is 50.8. The van der Waals surface area contributed by atoms with Crippen LogP contribution in [0.1, 0.15) is 304 Å². The fourth-order valence-corrected chi connectivity index (χ4v) is 8.22. The summed E-state index contributed by atoms with van der Waals surface area (Å²) >= 11 is 0. The molecule has 0 aliphatic rings. The second-order valence-corrected chi connectivity index (χ2v) is 19.0.